The van der Waals surface area contributed by atoms with E-state index >= 15 is 0 Å². The molecule has 5 rings (SSSR count). The number of anilines is 2. The van der Waals surface area contributed by atoms with E-state index in [2.05, 4.69) is 10.3 Å². The van der Waals surface area contributed by atoms with Gasteiger partial charge in [-0.15, -0.1) is 0 Å². The Bertz CT molecular complexity index is 1190. The maximum atomic E-state index is 13.2. The predicted molar refractivity (Wildman–Crippen MR) is 125 cm³/mol. The SMILES string of the molecule is COc1ccc(N2C(=O)c3cnc(NCc4ccccc4)cc3C2=O)cc1OC1CCCC1. The number of fused-ring (bicyclic) bond motifs is 1. The molecule has 2 aromatic carbocycles. The smallest absolute Gasteiger partial charge is 0.267 e. The molecular weight excluding hydrogens is 418 g/mol. The maximum absolute atomic E-state index is 13.2. The fourth-order valence-electron chi connectivity index (χ4n) is 4.34. The molecule has 168 valence electrons. The molecule has 1 N–H and O–H groups in total. The molecule has 2 amide bonds. The minimum atomic E-state index is -0.394. The van der Waals surface area contributed by atoms with Crippen molar-refractivity contribution in [2.24, 2.45) is 0 Å². The largest absolute Gasteiger partial charge is 0.493 e. The fourth-order valence-corrected chi connectivity index (χ4v) is 4.34. The van der Waals surface area contributed by atoms with Crippen molar-refractivity contribution in [3.8, 4) is 11.5 Å². The summed E-state index contributed by atoms with van der Waals surface area (Å²) in [5, 5.41) is 3.22. The highest BCUT2D eigenvalue weighted by Gasteiger charge is 2.38. The van der Waals surface area contributed by atoms with E-state index in [9.17, 15) is 9.59 Å². The van der Waals surface area contributed by atoms with Crippen LogP contribution in [0.4, 0.5) is 11.5 Å². The lowest BCUT2D eigenvalue weighted by atomic mass is 10.1. The number of carbonyl (C=O) groups is 2. The van der Waals surface area contributed by atoms with Gasteiger partial charge in [-0.2, -0.15) is 0 Å². The first-order chi connectivity index (χ1) is 16.1. The molecule has 1 saturated carbocycles. The lowest BCUT2D eigenvalue weighted by Crippen LogP contribution is -2.29. The Balaban J connectivity index is 1.38. The lowest BCUT2D eigenvalue weighted by molar-refractivity contribution is 0.0926. The highest BCUT2D eigenvalue weighted by molar-refractivity contribution is 6.34. The molecule has 2 aliphatic rings. The number of hydrogen-bond acceptors (Lipinski definition) is 6. The van der Waals surface area contributed by atoms with E-state index in [1.807, 2.05) is 30.3 Å². The van der Waals surface area contributed by atoms with Gasteiger partial charge in [0.2, 0.25) is 0 Å². The van der Waals surface area contributed by atoms with Crippen molar-refractivity contribution in [2.45, 2.75) is 38.3 Å². The number of hydrogen-bond donors (Lipinski definition) is 1. The average molecular weight is 444 g/mol. The number of nitrogens with one attached hydrogen (secondary N) is 1. The zero-order valence-electron chi connectivity index (χ0n) is 18.4. The van der Waals surface area contributed by atoms with Crippen LogP contribution in [-0.2, 0) is 6.54 Å². The summed E-state index contributed by atoms with van der Waals surface area (Å²) in [6, 6.07) is 16.7. The van der Waals surface area contributed by atoms with Crippen LogP contribution in [0.15, 0.2) is 60.8 Å². The van der Waals surface area contributed by atoms with Crippen LogP contribution in [0, 0.1) is 0 Å². The number of amides is 2. The summed E-state index contributed by atoms with van der Waals surface area (Å²) >= 11 is 0. The first kappa shape index (κ1) is 21.0. The number of rotatable bonds is 7. The van der Waals surface area contributed by atoms with Crippen LogP contribution in [0.5, 0.6) is 11.5 Å². The molecule has 7 nitrogen and oxygen atoms in total. The predicted octanol–water partition coefficient (Wildman–Crippen LogP) is 4.82. The average Bonchev–Trinajstić information content (AvgIpc) is 3.44. The molecule has 33 heavy (non-hydrogen) atoms. The van der Waals surface area contributed by atoms with Crippen molar-refractivity contribution in [3.05, 3.63) is 77.5 Å². The number of nitrogens with zero attached hydrogens (tertiary/aromatic N) is 2. The molecule has 0 spiro atoms. The molecule has 1 fully saturated rings. The lowest BCUT2D eigenvalue weighted by Gasteiger charge is -2.19. The van der Waals surface area contributed by atoms with Crippen molar-refractivity contribution in [1.82, 2.24) is 4.98 Å². The van der Waals surface area contributed by atoms with Crippen LogP contribution in [-0.4, -0.2) is 30.0 Å². The second-order valence-electron chi connectivity index (χ2n) is 8.26. The minimum absolute atomic E-state index is 0.124. The number of pyridine rings is 1. The summed E-state index contributed by atoms with van der Waals surface area (Å²) in [5.74, 6) is 0.893. The monoisotopic (exact) mass is 443 g/mol. The van der Waals surface area contributed by atoms with Gasteiger partial charge in [-0.05, 0) is 49.4 Å². The summed E-state index contributed by atoms with van der Waals surface area (Å²) in [7, 11) is 1.58. The number of ether oxygens (including phenoxy) is 2. The third-order valence-electron chi connectivity index (χ3n) is 6.09. The second kappa shape index (κ2) is 8.94. The first-order valence-electron chi connectivity index (χ1n) is 11.2. The van der Waals surface area contributed by atoms with Crippen molar-refractivity contribution in [3.63, 3.8) is 0 Å². The first-order valence-corrected chi connectivity index (χ1v) is 11.2. The van der Waals surface area contributed by atoms with E-state index in [0.717, 1.165) is 31.2 Å². The zero-order valence-corrected chi connectivity index (χ0v) is 18.4. The van der Waals surface area contributed by atoms with Crippen molar-refractivity contribution in [2.75, 3.05) is 17.3 Å². The van der Waals surface area contributed by atoms with Crippen molar-refractivity contribution < 1.29 is 19.1 Å². The van der Waals surface area contributed by atoms with Gasteiger partial charge in [-0.25, -0.2) is 9.88 Å². The van der Waals surface area contributed by atoms with Gasteiger partial charge in [0.15, 0.2) is 11.5 Å². The molecule has 1 aliphatic heterocycles. The molecule has 2 heterocycles. The summed E-state index contributed by atoms with van der Waals surface area (Å²) in [6.45, 7) is 0.568. The van der Waals surface area contributed by atoms with E-state index < -0.39 is 5.91 Å². The Hall–Kier alpha value is -3.87. The normalized spacial score (nSPS) is 15.6. The number of methoxy groups -OCH3 is 1. The third kappa shape index (κ3) is 4.14. The maximum Gasteiger partial charge on any atom is 0.267 e. The van der Waals surface area contributed by atoms with Gasteiger partial charge in [-0.3, -0.25) is 9.59 Å². The van der Waals surface area contributed by atoms with Gasteiger partial charge in [0.05, 0.1) is 30.0 Å². The molecule has 0 atom stereocenters. The van der Waals surface area contributed by atoms with Crippen LogP contribution in [0.1, 0.15) is 52.0 Å². The van der Waals surface area contributed by atoms with Gasteiger partial charge in [0.1, 0.15) is 5.82 Å². The van der Waals surface area contributed by atoms with E-state index in [1.54, 1.807) is 31.4 Å². The van der Waals surface area contributed by atoms with Crippen LogP contribution >= 0.6 is 0 Å². The number of aromatic nitrogens is 1. The fraction of sp³-hybridized carbons (Fsp3) is 0.269. The minimum Gasteiger partial charge on any atom is -0.493 e. The Kier molecular flexibility index (Phi) is 5.69. The molecule has 0 bridgehead atoms. The standard InChI is InChI=1S/C26H25N3O4/c1-32-22-12-11-18(13-23(22)33-19-9-5-6-10-19)29-25(30)20-14-24(28-16-21(20)26(29)31)27-15-17-7-3-2-4-8-17/h2-4,7-8,11-14,16,19H,5-6,9-10,15H2,1H3,(H,27,28). The van der Waals surface area contributed by atoms with E-state index in [4.69, 9.17) is 9.47 Å². The summed E-state index contributed by atoms with van der Waals surface area (Å²) in [4.78, 5) is 31.8. The van der Waals surface area contributed by atoms with Crippen LogP contribution in [0.3, 0.4) is 0 Å². The summed E-state index contributed by atoms with van der Waals surface area (Å²) in [5.41, 5.74) is 2.17. The zero-order chi connectivity index (χ0) is 22.8. The molecule has 1 aromatic heterocycles. The number of carbonyl (C=O) groups excluding carboxylic acids is 2. The molecule has 0 saturated heterocycles. The van der Waals surface area contributed by atoms with Crippen molar-refractivity contribution >= 4 is 23.3 Å². The van der Waals surface area contributed by atoms with Gasteiger partial charge in [0.25, 0.3) is 11.8 Å². The van der Waals surface area contributed by atoms with Gasteiger partial charge < -0.3 is 14.8 Å². The Morgan fingerprint density at radius 1 is 0.970 bits per heavy atom. The molecule has 1 aliphatic carbocycles. The second-order valence-corrected chi connectivity index (χ2v) is 8.26. The molecule has 3 aromatic rings. The van der Waals surface area contributed by atoms with Crippen molar-refractivity contribution in [1.29, 1.82) is 0 Å². The topological polar surface area (TPSA) is 80.8 Å². The quantitative estimate of drug-likeness (QED) is 0.527. The summed E-state index contributed by atoms with van der Waals surface area (Å²) in [6.07, 6.45) is 5.84. The molecular formula is C26H25N3O4. The van der Waals surface area contributed by atoms with Crippen LogP contribution < -0.4 is 19.7 Å². The highest BCUT2D eigenvalue weighted by atomic mass is 16.5. The molecule has 7 heteroatoms. The Morgan fingerprint density at radius 2 is 1.73 bits per heavy atom. The highest BCUT2D eigenvalue weighted by Crippen LogP contribution is 2.37. The Morgan fingerprint density at radius 3 is 2.48 bits per heavy atom. The number of benzene rings is 2. The summed E-state index contributed by atoms with van der Waals surface area (Å²) < 4.78 is 11.6. The van der Waals surface area contributed by atoms with Crippen LogP contribution in [0.2, 0.25) is 0 Å². The molecule has 0 unspecified atom stereocenters. The van der Waals surface area contributed by atoms with E-state index in [1.165, 1.54) is 11.1 Å². The van der Waals surface area contributed by atoms with Gasteiger partial charge in [0, 0.05) is 18.8 Å². The van der Waals surface area contributed by atoms with Crippen LogP contribution in [0.25, 0.3) is 0 Å². The van der Waals surface area contributed by atoms with Gasteiger partial charge in [-0.1, -0.05) is 30.3 Å². The van der Waals surface area contributed by atoms with Gasteiger partial charge >= 0.3 is 0 Å². The van der Waals surface area contributed by atoms with E-state index in [0.29, 0.717) is 40.7 Å². The van der Waals surface area contributed by atoms with E-state index in [-0.39, 0.29) is 12.0 Å². The number of imide groups is 1. The third-order valence-corrected chi connectivity index (χ3v) is 6.09. The molecule has 0 radical (unpaired) electrons. The Labute approximate surface area is 192 Å².